The van der Waals surface area contributed by atoms with Gasteiger partial charge in [0.25, 0.3) is 5.91 Å². The molecule has 0 unspecified atom stereocenters. The first-order valence-electron chi connectivity index (χ1n) is 10.5. The lowest BCUT2D eigenvalue weighted by atomic mass is 10.1. The number of benzene rings is 2. The van der Waals surface area contributed by atoms with Gasteiger partial charge >= 0.3 is 0 Å². The van der Waals surface area contributed by atoms with Crippen LogP contribution in [0.1, 0.15) is 55.5 Å². The van der Waals surface area contributed by atoms with Crippen LogP contribution in [0.15, 0.2) is 47.4 Å². The van der Waals surface area contributed by atoms with E-state index < -0.39 is 10.0 Å². The summed E-state index contributed by atoms with van der Waals surface area (Å²) in [6.07, 6.45) is 3.86. The van der Waals surface area contributed by atoms with Crippen LogP contribution in [0, 0.1) is 6.92 Å². The van der Waals surface area contributed by atoms with Gasteiger partial charge < -0.3 is 10.1 Å². The standard InChI is InChI=1S/C23H30N2O4S/c1-17(2)29-20-10-8-9-19(15-20)24-23(26)22-16-21(12-11-18(22)3)30(27,28)25-13-6-4-5-7-14-25/h8-12,15-17H,4-7,13-14H2,1-3H3,(H,24,26). The van der Waals surface area contributed by atoms with Crippen LogP contribution in [0.25, 0.3) is 0 Å². The van der Waals surface area contributed by atoms with Crippen molar-refractivity contribution in [1.29, 1.82) is 0 Å². The Morgan fingerprint density at radius 2 is 1.73 bits per heavy atom. The maximum Gasteiger partial charge on any atom is 0.255 e. The Kier molecular flexibility index (Phi) is 7.15. The van der Waals surface area contributed by atoms with E-state index in [2.05, 4.69) is 5.32 Å². The van der Waals surface area contributed by atoms with Crippen LogP contribution in [0.2, 0.25) is 0 Å². The van der Waals surface area contributed by atoms with Gasteiger partial charge in [0.2, 0.25) is 10.0 Å². The zero-order valence-electron chi connectivity index (χ0n) is 17.8. The number of amides is 1. The number of hydrogen-bond donors (Lipinski definition) is 1. The topological polar surface area (TPSA) is 75.7 Å². The molecule has 0 saturated carbocycles. The van der Waals surface area contributed by atoms with E-state index in [1.165, 1.54) is 6.07 Å². The molecule has 0 spiro atoms. The average Bonchev–Trinajstić information content (AvgIpc) is 2.98. The third kappa shape index (κ3) is 5.40. The lowest BCUT2D eigenvalue weighted by Gasteiger charge is -2.20. The van der Waals surface area contributed by atoms with Gasteiger partial charge in [0, 0.05) is 30.4 Å². The van der Waals surface area contributed by atoms with E-state index >= 15 is 0 Å². The third-order valence-corrected chi connectivity index (χ3v) is 7.01. The summed E-state index contributed by atoms with van der Waals surface area (Å²) in [6, 6.07) is 11.9. The van der Waals surface area contributed by atoms with Crippen molar-refractivity contribution >= 4 is 21.6 Å². The molecule has 1 aliphatic rings. The quantitative estimate of drug-likeness (QED) is 0.727. The van der Waals surface area contributed by atoms with E-state index in [0.29, 0.717) is 30.1 Å². The summed E-state index contributed by atoms with van der Waals surface area (Å²) in [5, 5.41) is 2.85. The lowest BCUT2D eigenvalue weighted by molar-refractivity contribution is 0.102. The number of nitrogens with one attached hydrogen (secondary N) is 1. The summed E-state index contributed by atoms with van der Waals surface area (Å²) in [5.41, 5.74) is 1.66. The number of nitrogens with zero attached hydrogens (tertiary/aromatic N) is 1. The number of ether oxygens (including phenoxy) is 1. The SMILES string of the molecule is Cc1ccc(S(=O)(=O)N2CCCCCC2)cc1C(=O)Nc1cccc(OC(C)C)c1. The van der Waals surface area contributed by atoms with E-state index in [4.69, 9.17) is 4.74 Å². The highest BCUT2D eigenvalue weighted by Crippen LogP contribution is 2.24. The van der Waals surface area contributed by atoms with Crippen LogP contribution in [0.3, 0.4) is 0 Å². The van der Waals surface area contributed by atoms with Crippen LogP contribution in [-0.4, -0.2) is 37.8 Å². The first-order valence-corrected chi connectivity index (χ1v) is 11.9. The van der Waals surface area contributed by atoms with E-state index in [1.807, 2.05) is 19.9 Å². The number of sulfonamides is 1. The molecule has 1 amide bonds. The predicted molar refractivity (Wildman–Crippen MR) is 119 cm³/mol. The molecule has 1 aliphatic heterocycles. The number of hydrogen-bond acceptors (Lipinski definition) is 4. The largest absolute Gasteiger partial charge is 0.491 e. The number of aryl methyl sites for hydroxylation is 1. The second-order valence-corrected chi connectivity index (χ2v) is 9.88. The third-order valence-electron chi connectivity index (χ3n) is 5.12. The summed E-state index contributed by atoms with van der Waals surface area (Å²) < 4.78 is 33.4. The second-order valence-electron chi connectivity index (χ2n) is 7.94. The fraction of sp³-hybridized carbons (Fsp3) is 0.435. The second kappa shape index (κ2) is 9.62. The highest BCUT2D eigenvalue weighted by molar-refractivity contribution is 7.89. The lowest BCUT2D eigenvalue weighted by Crippen LogP contribution is -2.32. The Labute approximate surface area is 179 Å². The molecule has 7 heteroatoms. The fourth-order valence-electron chi connectivity index (χ4n) is 3.56. The molecule has 6 nitrogen and oxygen atoms in total. The molecular weight excluding hydrogens is 400 g/mol. The molecule has 0 radical (unpaired) electrons. The molecule has 1 N–H and O–H groups in total. The van der Waals surface area contributed by atoms with Gasteiger partial charge in [-0.15, -0.1) is 0 Å². The van der Waals surface area contributed by atoms with Gasteiger partial charge in [-0.1, -0.05) is 25.0 Å². The summed E-state index contributed by atoms with van der Waals surface area (Å²) >= 11 is 0. The zero-order chi connectivity index (χ0) is 21.7. The fourth-order valence-corrected chi connectivity index (χ4v) is 5.10. The van der Waals surface area contributed by atoms with Crippen LogP contribution in [-0.2, 0) is 10.0 Å². The molecule has 0 bridgehead atoms. The van der Waals surface area contributed by atoms with Crippen molar-refractivity contribution in [2.24, 2.45) is 0 Å². The van der Waals surface area contributed by atoms with E-state index in [1.54, 1.807) is 41.6 Å². The van der Waals surface area contributed by atoms with Crippen molar-refractivity contribution in [3.05, 3.63) is 53.6 Å². The Morgan fingerprint density at radius 1 is 1.03 bits per heavy atom. The van der Waals surface area contributed by atoms with E-state index in [0.717, 1.165) is 31.2 Å². The maximum atomic E-state index is 13.1. The minimum absolute atomic E-state index is 0.0269. The van der Waals surface area contributed by atoms with Crippen molar-refractivity contribution < 1.29 is 17.9 Å². The van der Waals surface area contributed by atoms with E-state index in [9.17, 15) is 13.2 Å². The molecule has 2 aromatic carbocycles. The maximum absolute atomic E-state index is 13.1. The predicted octanol–water partition coefficient (Wildman–Crippen LogP) is 4.60. The smallest absolute Gasteiger partial charge is 0.255 e. The zero-order valence-corrected chi connectivity index (χ0v) is 18.7. The molecule has 1 fully saturated rings. The Bertz CT molecular complexity index is 994. The normalized spacial score (nSPS) is 15.6. The van der Waals surface area contributed by atoms with Crippen molar-refractivity contribution in [1.82, 2.24) is 4.31 Å². The highest BCUT2D eigenvalue weighted by Gasteiger charge is 2.26. The van der Waals surface area contributed by atoms with Gasteiger partial charge in [-0.3, -0.25) is 4.79 Å². The van der Waals surface area contributed by atoms with Gasteiger partial charge in [-0.25, -0.2) is 8.42 Å². The van der Waals surface area contributed by atoms with E-state index in [-0.39, 0.29) is 16.9 Å². The molecule has 0 atom stereocenters. The van der Waals surface area contributed by atoms with Gasteiger partial charge in [-0.2, -0.15) is 4.31 Å². The Morgan fingerprint density at radius 3 is 2.40 bits per heavy atom. The van der Waals surface area contributed by atoms with Gasteiger partial charge in [0.15, 0.2) is 0 Å². The molecule has 0 aromatic heterocycles. The minimum Gasteiger partial charge on any atom is -0.491 e. The molecular formula is C23H30N2O4S. The van der Waals surface area contributed by atoms with Crippen molar-refractivity contribution in [2.75, 3.05) is 18.4 Å². The number of rotatable bonds is 6. The molecule has 1 saturated heterocycles. The highest BCUT2D eigenvalue weighted by atomic mass is 32.2. The molecule has 2 aromatic rings. The summed E-state index contributed by atoms with van der Waals surface area (Å²) in [6.45, 7) is 6.73. The molecule has 3 rings (SSSR count). The van der Waals surface area contributed by atoms with Crippen molar-refractivity contribution in [3.63, 3.8) is 0 Å². The first-order chi connectivity index (χ1) is 14.3. The Balaban J connectivity index is 1.83. The molecule has 30 heavy (non-hydrogen) atoms. The van der Waals surface area contributed by atoms with Crippen molar-refractivity contribution in [2.45, 2.75) is 57.5 Å². The summed E-state index contributed by atoms with van der Waals surface area (Å²) in [7, 11) is -3.62. The number of carbonyl (C=O) groups excluding carboxylic acids is 1. The van der Waals surface area contributed by atoms with Gasteiger partial charge in [0.1, 0.15) is 5.75 Å². The van der Waals surface area contributed by atoms with Gasteiger partial charge in [0.05, 0.1) is 11.0 Å². The minimum atomic E-state index is -3.62. The number of anilines is 1. The van der Waals surface area contributed by atoms with Crippen LogP contribution in [0.4, 0.5) is 5.69 Å². The van der Waals surface area contributed by atoms with Gasteiger partial charge in [-0.05, 0) is 63.4 Å². The molecule has 1 heterocycles. The van der Waals surface area contributed by atoms with Crippen LogP contribution in [0.5, 0.6) is 5.75 Å². The van der Waals surface area contributed by atoms with Crippen LogP contribution < -0.4 is 10.1 Å². The molecule has 162 valence electrons. The number of carbonyl (C=O) groups is 1. The first kappa shape index (κ1) is 22.3. The van der Waals surface area contributed by atoms with Crippen molar-refractivity contribution in [3.8, 4) is 5.75 Å². The van der Waals surface area contributed by atoms with Crippen LogP contribution >= 0.6 is 0 Å². The molecule has 0 aliphatic carbocycles. The summed E-state index contributed by atoms with van der Waals surface area (Å²) in [4.78, 5) is 13.1. The Hall–Kier alpha value is -2.38. The monoisotopic (exact) mass is 430 g/mol. The summed E-state index contributed by atoms with van der Waals surface area (Å²) in [5.74, 6) is 0.319. The average molecular weight is 431 g/mol.